The minimum absolute atomic E-state index is 0.0342. The fourth-order valence-electron chi connectivity index (χ4n) is 2.40. The number of carboxylic acids is 1. The van der Waals surface area contributed by atoms with Gasteiger partial charge in [0.05, 0.1) is 11.4 Å². The topological polar surface area (TPSA) is 95.7 Å². The van der Waals surface area contributed by atoms with Gasteiger partial charge in [-0.25, -0.2) is 9.18 Å². The molecule has 0 spiro atoms. The second kappa shape index (κ2) is 6.43. The van der Waals surface area contributed by atoms with E-state index in [2.05, 4.69) is 5.32 Å². The Bertz CT molecular complexity index is 557. The van der Waals surface area contributed by atoms with E-state index in [1.165, 1.54) is 6.07 Å². The molecule has 1 heterocycles. The number of nitrogens with one attached hydrogen (secondary N) is 1. The smallest absolute Gasteiger partial charge is 0.340 e. The maximum atomic E-state index is 13.3. The van der Waals surface area contributed by atoms with Gasteiger partial charge in [-0.05, 0) is 25.0 Å². The molecule has 0 aliphatic carbocycles. The van der Waals surface area contributed by atoms with E-state index >= 15 is 0 Å². The van der Waals surface area contributed by atoms with E-state index in [-0.39, 0.29) is 30.1 Å². The molecule has 1 saturated heterocycles. The monoisotopic (exact) mass is 295 g/mol. The van der Waals surface area contributed by atoms with Crippen molar-refractivity contribution in [2.75, 3.05) is 30.7 Å². The predicted molar refractivity (Wildman–Crippen MR) is 76.7 cm³/mol. The maximum absolute atomic E-state index is 13.3. The number of carboxylic acid groups (broad SMARTS) is 1. The Morgan fingerprint density at radius 1 is 1.33 bits per heavy atom. The number of nitrogens with two attached hydrogens (primary N) is 1. The molecule has 1 aliphatic rings. The molecular formula is C14H18FN3O3. The number of anilines is 2. The first kappa shape index (κ1) is 15.1. The van der Waals surface area contributed by atoms with Crippen LogP contribution in [0.25, 0.3) is 0 Å². The third-order valence-corrected chi connectivity index (χ3v) is 3.52. The molecule has 0 bridgehead atoms. The quantitative estimate of drug-likeness (QED) is 0.716. The number of carbonyl (C=O) groups is 2. The van der Waals surface area contributed by atoms with E-state index in [1.54, 1.807) is 4.90 Å². The summed E-state index contributed by atoms with van der Waals surface area (Å²) in [5.74, 6) is -2.04. The molecule has 0 radical (unpaired) electrons. The number of hydrogen-bond donors (Lipinski definition) is 3. The largest absolute Gasteiger partial charge is 0.478 e. The number of likely N-dealkylation sites (tertiary alicyclic amines) is 1. The second-order valence-electron chi connectivity index (χ2n) is 4.95. The lowest BCUT2D eigenvalue weighted by molar-refractivity contribution is -0.129. The number of nitrogen functional groups attached to an aromatic ring is 1. The Morgan fingerprint density at radius 2 is 2.00 bits per heavy atom. The van der Waals surface area contributed by atoms with Crippen LogP contribution in [0, 0.1) is 5.82 Å². The van der Waals surface area contributed by atoms with Gasteiger partial charge in [0.2, 0.25) is 5.91 Å². The zero-order chi connectivity index (χ0) is 15.4. The van der Waals surface area contributed by atoms with E-state index in [1.807, 2.05) is 0 Å². The van der Waals surface area contributed by atoms with Crippen molar-refractivity contribution in [1.82, 2.24) is 4.90 Å². The van der Waals surface area contributed by atoms with Crippen molar-refractivity contribution in [1.29, 1.82) is 0 Å². The SMILES string of the molecule is Nc1c(F)ccc(NCCC(=O)N2CCCC2)c1C(=O)O. The van der Waals surface area contributed by atoms with Crippen molar-refractivity contribution < 1.29 is 19.1 Å². The summed E-state index contributed by atoms with van der Waals surface area (Å²) < 4.78 is 13.3. The predicted octanol–water partition coefficient (Wildman–Crippen LogP) is 1.53. The Hall–Kier alpha value is -2.31. The van der Waals surface area contributed by atoms with Crippen LogP contribution in [0.15, 0.2) is 12.1 Å². The van der Waals surface area contributed by atoms with Gasteiger partial charge in [-0.15, -0.1) is 0 Å². The summed E-state index contributed by atoms with van der Waals surface area (Å²) in [6, 6.07) is 2.42. The van der Waals surface area contributed by atoms with Gasteiger partial charge < -0.3 is 21.1 Å². The summed E-state index contributed by atoms with van der Waals surface area (Å²) in [6.45, 7) is 1.84. The van der Waals surface area contributed by atoms with Gasteiger partial charge in [0, 0.05) is 26.1 Å². The zero-order valence-electron chi connectivity index (χ0n) is 11.6. The van der Waals surface area contributed by atoms with Gasteiger partial charge in [0.1, 0.15) is 11.4 Å². The molecule has 0 saturated carbocycles. The molecule has 4 N–H and O–H groups in total. The molecular weight excluding hydrogens is 277 g/mol. The van der Waals surface area contributed by atoms with Crippen molar-refractivity contribution in [3.05, 3.63) is 23.5 Å². The Labute approximate surface area is 121 Å². The summed E-state index contributed by atoms with van der Waals surface area (Å²) in [6.07, 6.45) is 2.31. The summed E-state index contributed by atoms with van der Waals surface area (Å²) in [4.78, 5) is 24.8. The number of carbonyl (C=O) groups excluding carboxylic acids is 1. The standard InChI is InChI=1S/C14H18FN3O3/c15-9-3-4-10(12(13(9)16)14(20)21)17-6-5-11(19)18-7-1-2-8-18/h3-4,17H,1-2,5-8,16H2,(H,20,21). The average molecular weight is 295 g/mol. The number of nitrogens with zero attached hydrogens (tertiary/aromatic N) is 1. The minimum atomic E-state index is -1.31. The normalized spacial score (nSPS) is 14.2. The fourth-order valence-corrected chi connectivity index (χ4v) is 2.40. The van der Waals surface area contributed by atoms with Crippen molar-refractivity contribution >= 4 is 23.3 Å². The highest BCUT2D eigenvalue weighted by Gasteiger charge is 2.19. The number of hydrogen-bond acceptors (Lipinski definition) is 4. The van der Waals surface area contributed by atoms with Gasteiger partial charge in [-0.3, -0.25) is 4.79 Å². The first-order valence-corrected chi connectivity index (χ1v) is 6.83. The summed E-state index contributed by atoms with van der Waals surface area (Å²) in [5.41, 5.74) is 4.96. The lowest BCUT2D eigenvalue weighted by Crippen LogP contribution is -2.29. The van der Waals surface area contributed by atoms with Gasteiger partial charge in [-0.1, -0.05) is 0 Å². The Morgan fingerprint density at radius 3 is 2.62 bits per heavy atom. The first-order valence-electron chi connectivity index (χ1n) is 6.83. The minimum Gasteiger partial charge on any atom is -0.478 e. The van der Waals surface area contributed by atoms with Crippen LogP contribution in [0.5, 0.6) is 0 Å². The van der Waals surface area contributed by atoms with Crippen molar-refractivity contribution in [3.8, 4) is 0 Å². The van der Waals surface area contributed by atoms with E-state index in [9.17, 15) is 14.0 Å². The lowest BCUT2D eigenvalue weighted by atomic mass is 10.1. The Balaban J connectivity index is 1.98. The molecule has 6 nitrogen and oxygen atoms in total. The molecule has 114 valence electrons. The summed E-state index contributed by atoms with van der Waals surface area (Å²) >= 11 is 0. The third-order valence-electron chi connectivity index (χ3n) is 3.52. The van der Waals surface area contributed by atoms with E-state index in [0.29, 0.717) is 0 Å². The molecule has 1 aromatic carbocycles. The van der Waals surface area contributed by atoms with Crippen LogP contribution in [0.1, 0.15) is 29.6 Å². The maximum Gasteiger partial charge on any atom is 0.340 e. The molecule has 1 aliphatic heterocycles. The molecule has 0 atom stereocenters. The number of aromatic carboxylic acids is 1. The molecule has 0 unspecified atom stereocenters. The van der Waals surface area contributed by atoms with Gasteiger partial charge in [-0.2, -0.15) is 0 Å². The van der Waals surface area contributed by atoms with E-state index in [4.69, 9.17) is 10.8 Å². The highest BCUT2D eigenvalue weighted by atomic mass is 19.1. The third kappa shape index (κ3) is 3.42. The van der Waals surface area contributed by atoms with E-state index in [0.717, 1.165) is 32.0 Å². The fraction of sp³-hybridized carbons (Fsp3) is 0.429. The van der Waals surface area contributed by atoms with Crippen molar-refractivity contribution in [3.63, 3.8) is 0 Å². The van der Waals surface area contributed by atoms with Crippen LogP contribution >= 0.6 is 0 Å². The highest BCUT2D eigenvalue weighted by molar-refractivity contribution is 6.00. The molecule has 2 rings (SSSR count). The van der Waals surface area contributed by atoms with Gasteiger partial charge in [0.15, 0.2) is 0 Å². The van der Waals surface area contributed by atoms with Gasteiger partial charge >= 0.3 is 5.97 Å². The lowest BCUT2D eigenvalue weighted by Gasteiger charge is -2.16. The molecule has 1 aromatic rings. The number of rotatable bonds is 5. The molecule has 7 heteroatoms. The summed E-state index contributed by atoms with van der Waals surface area (Å²) in [7, 11) is 0. The molecule has 1 amide bonds. The Kier molecular flexibility index (Phi) is 4.62. The highest BCUT2D eigenvalue weighted by Crippen LogP contribution is 2.25. The number of halogens is 1. The zero-order valence-corrected chi connectivity index (χ0v) is 11.6. The first-order chi connectivity index (χ1) is 10.0. The van der Waals surface area contributed by atoms with Crippen LogP contribution in [0.3, 0.4) is 0 Å². The number of benzene rings is 1. The summed E-state index contributed by atoms with van der Waals surface area (Å²) in [5, 5.41) is 11.9. The van der Waals surface area contributed by atoms with Crippen LogP contribution in [0.2, 0.25) is 0 Å². The average Bonchev–Trinajstić information content (AvgIpc) is 2.96. The second-order valence-corrected chi connectivity index (χ2v) is 4.95. The molecule has 1 fully saturated rings. The number of amides is 1. The van der Waals surface area contributed by atoms with E-state index < -0.39 is 17.5 Å². The van der Waals surface area contributed by atoms with Crippen LogP contribution in [-0.2, 0) is 4.79 Å². The van der Waals surface area contributed by atoms with Crippen molar-refractivity contribution in [2.45, 2.75) is 19.3 Å². The van der Waals surface area contributed by atoms with Gasteiger partial charge in [0.25, 0.3) is 0 Å². The molecule has 0 aromatic heterocycles. The van der Waals surface area contributed by atoms with Crippen LogP contribution in [0.4, 0.5) is 15.8 Å². The molecule has 21 heavy (non-hydrogen) atoms. The van der Waals surface area contributed by atoms with Crippen LogP contribution in [-0.4, -0.2) is 41.5 Å². The van der Waals surface area contributed by atoms with Crippen molar-refractivity contribution in [2.24, 2.45) is 0 Å². The van der Waals surface area contributed by atoms with Crippen LogP contribution < -0.4 is 11.1 Å².